The first kappa shape index (κ1) is 14.7. The molecule has 0 amide bonds. The van der Waals surface area contributed by atoms with E-state index in [1.807, 2.05) is 0 Å². The lowest BCUT2D eigenvalue weighted by Gasteiger charge is -2.08. The predicted octanol–water partition coefficient (Wildman–Crippen LogP) is 3.08. The van der Waals surface area contributed by atoms with E-state index in [1.54, 1.807) is 24.3 Å². The number of ether oxygens (including phenoxy) is 1. The quantitative estimate of drug-likeness (QED) is 0.518. The molecule has 21 heavy (non-hydrogen) atoms. The molecule has 0 unspecified atom stereocenters. The molecule has 2 aromatic carbocycles. The Morgan fingerprint density at radius 2 is 1.90 bits per heavy atom. The monoisotopic (exact) mass is 287 g/mol. The Morgan fingerprint density at radius 1 is 1.24 bits per heavy atom. The molecule has 108 valence electrons. The number of nitro groups is 1. The van der Waals surface area contributed by atoms with Crippen LogP contribution in [-0.4, -0.2) is 15.8 Å². The average molecular weight is 287 g/mol. The Labute approximate surface area is 120 Å². The number of aliphatic hydroxyl groups is 1. The summed E-state index contributed by atoms with van der Waals surface area (Å²) in [5.74, 6) is 0.343. The number of ketones is 1. The number of Topliss-reactive ketones (excluding diaryl/α,β-unsaturated/α-hetero) is 1. The molecule has 0 heterocycles. The third kappa shape index (κ3) is 3.43. The predicted molar refractivity (Wildman–Crippen MR) is 75.5 cm³/mol. The summed E-state index contributed by atoms with van der Waals surface area (Å²) in [5.41, 5.74) is 0.847. The molecular weight excluding hydrogens is 274 g/mol. The fraction of sp³-hybridized carbons (Fsp3) is 0.133. The summed E-state index contributed by atoms with van der Waals surface area (Å²) in [6, 6.07) is 10.4. The van der Waals surface area contributed by atoms with Crippen LogP contribution >= 0.6 is 0 Å². The summed E-state index contributed by atoms with van der Waals surface area (Å²) in [4.78, 5) is 21.6. The van der Waals surface area contributed by atoms with E-state index >= 15 is 0 Å². The molecule has 0 aliphatic rings. The fourth-order valence-electron chi connectivity index (χ4n) is 1.77. The summed E-state index contributed by atoms with van der Waals surface area (Å²) in [5, 5.41) is 20.1. The van der Waals surface area contributed by atoms with Gasteiger partial charge < -0.3 is 9.84 Å². The molecule has 2 rings (SSSR count). The van der Waals surface area contributed by atoms with E-state index in [9.17, 15) is 14.9 Å². The van der Waals surface area contributed by atoms with Crippen LogP contribution in [0.2, 0.25) is 0 Å². The normalized spacial score (nSPS) is 10.2. The summed E-state index contributed by atoms with van der Waals surface area (Å²) in [6.07, 6.45) is 0. The van der Waals surface area contributed by atoms with Crippen molar-refractivity contribution < 1.29 is 19.6 Å². The van der Waals surface area contributed by atoms with Gasteiger partial charge in [-0.3, -0.25) is 14.9 Å². The smallest absolute Gasteiger partial charge is 0.311 e. The maximum absolute atomic E-state index is 11.2. The van der Waals surface area contributed by atoms with E-state index in [1.165, 1.54) is 25.1 Å². The van der Waals surface area contributed by atoms with Gasteiger partial charge in [-0.25, -0.2) is 0 Å². The number of hydrogen-bond acceptors (Lipinski definition) is 5. The highest BCUT2D eigenvalue weighted by Gasteiger charge is 2.16. The van der Waals surface area contributed by atoms with E-state index in [2.05, 4.69) is 0 Å². The standard InChI is InChI=1S/C15H13NO5/c1-10(18)12-3-5-13(6-4-12)21-15-8-11(9-17)2-7-14(15)16(19)20/h2-8,17H,9H2,1H3. The zero-order chi connectivity index (χ0) is 15.4. The first-order valence-corrected chi connectivity index (χ1v) is 6.18. The number of rotatable bonds is 5. The number of carbonyl (C=O) groups excluding carboxylic acids is 1. The van der Waals surface area contributed by atoms with Crippen molar-refractivity contribution in [3.05, 3.63) is 63.7 Å². The van der Waals surface area contributed by atoms with E-state index in [4.69, 9.17) is 9.84 Å². The van der Waals surface area contributed by atoms with E-state index in [0.717, 1.165) is 0 Å². The number of carbonyl (C=O) groups is 1. The van der Waals surface area contributed by atoms with Crippen LogP contribution in [0.15, 0.2) is 42.5 Å². The summed E-state index contributed by atoms with van der Waals surface area (Å²) < 4.78 is 5.48. The minimum Gasteiger partial charge on any atom is -0.450 e. The van der Waals surface area contributed by atoms with Crippen molar-refractivity contribution in [3.63, 3.8) is 0 Å². The zero-order valence-corrected chi connectivity index (χ0v) is 11.3. The molecule has 0 aliphatic heterocycles. The van der Waals surface area contributed by atoms with Crippen molar-refractivity contribution >= 4 is 11.5 Å². The summed E-state index contributed by atoms with van der Waals surface area (Å²) in [7, 11) is 0. The van der Waals surface area contributed by atoms with Crippen molar-refractivity contribution in [1.82, 2.24) is 0 Å². The van der Waals surface area contributed by atoms with Gasteiger partial charge in [0.1, 0.15) is 5.75 Å². The molecule has 0 saturated carbocycles. The molecule has 0 fully saturated rings. The lowest BCUT2D eigenvalue weighted by molar-refractivity contribution is -0.385. The Balaban J connectivity index is 2.33. The molecular formula is C15H13NO5. The van der Waals surface area contributed by atoms with Gasteiger partial charge in [-0.05, 0) is 48.9 Å². The fourth-order valence-corrected chi connectivity index (χ4v) is 1.77. The number of nitrogens with zero attached hydrogens (tertiary/aromatic N) is 1. The van der Waals surface area contributed by atoms with E-state index in [-0.39, 0.29) is 23.8 Å². The molecule has 0 aromatic heterocycles. The number of hydrogen-bond donors (Lipinski definition) is 1. The molecule has 0 radical (unpaired) electrons. The zero-order valence-electron chi connectivity index (χ0n) is 11.3. The first-order chi connectivity index (χ1) is 10.0. The van der Waals surface area contributed by atoms with Crippen molar-refractivity contribution in [2.24, 2.45) is 0 Å². The van der Waals surface area contributed by atoms with Crippen LogP contribution in [0.4, 0.5) is 5.69 Å². The van der Waals surface area contributed by atoms with Gasteiger partial charge in [0.2, 0.25) is 5.75 Å². The SMILES string of the molecule is CC(=O)c1ccc(Oc2cc(CO)ccc2[N+](=O)[O-])cc1. The highest BCUT2D eigenvalue weighted by atomic mass is 16.6. The highest BCUT2D eigenvalue weighted by molar-refractivity contribution is 5.94. The topological polar surface area (TPSA) is 89.7 Å². The van der Waals surface area contributed by atoms with Crippen LogP contribution in [0.25, 0.3) is 0 Å². The van der Waals surface area contributed by atoms with Crippen LogP contribution in [0, 0.1) is 10.1 Å². The minimum absolute atomic E-state index is 0.0436. The molecule has 6 nitrogen and oxygen atoms in total. The van der Waals surface area contributed by atoms with Crippen molar-refractivity contribution in [2.75, 3.05) is 0 Å². The largest absolute Gasteiger partial charge is 0.450 e. The van der Waals surface area contributed by atoms with Crippen molar-refractivity contribution in [1.29, 1.82) is 0 Å². The molecule has 0 aliphatic carbocycles. The van der Waals surface area contributed by atoms with Gasteiger partial charge >= 0.3 is 5.69 Å². The van der Waals surface area contributed by atoms with Crippen LogP contribution < -0.4 is 4.74 Å². The maximum atomic E-state index is 11.2. The van der Waals surface area contributed by atoms with Crippen molar-refractivity contribution in [3.8, 4) is 11.5 Å². The van der Waals surface area contributed by atoms with Gasteiger partial charge in [-0.2, -0.15) is 0 Å². The van der Waals surface area contributed by atoms with E-state index < -0.39 is 4.92 Å². The Morgan fingerprint density at radius 3 is 2.43 bits per heavy atom. The Hall–Kier alpha value is -2.73. The van der Waals surface area contributed by atoms with Crippen LogP contribution in [0.5, 0.6) is 11.5 Å². The lowest BCUT2D eigenvalue weighted by atomic mass is 10.1. The third-order valence-electron chi connectivity index (χ3n) is 2.89. The van der Waals surface area contributed by atoms with Gasteiger partial charge in [-0.1, -0.05) is 0 Å². The maximum Gasteiger partial charge on any atom is 0.311 e. The Bertz CT molecular complexity index is 679. The van der Waals surface area contributed by atoms with E-state index in [0.29, 0.717) is 16.9 Å². The van der Waals surface area contributed by atoms with Gasteiger partial charge in [0.25, 0.3) is 0 Å². The number of nitro benzene ring substituents is 1. The number of aliphatic hydroxyl groups excluding tert-OH is 1. The second-order valence-electron chi connectivity index (χ2n) is 4.40. The van der Waals surface area contributed by atoms with Gasteiger partial charge in [0.05, 0.1) is 11.5 Å². The second kappa shape index (κ2) is 6.15. The van der Waals surface area contributed by atoms with Gasteiger partial charge in [0.15, 0.2) is 5.78 Å². The summed E-state index contributed by atoms with van der Waals surface area (Å²) >= 11 is 0. The molecule has 0 saturated heterocycles. The molecule has 0 spiro atoms. The van der Waals surface area contributed by atoms with Crippen LogP contribution in [0.1, 0.15) is 22.8 Å². The third-order valence-corrected chi connectivity index (χ3v) is 2.89. The summed E-state index contributed by atoms with van der Waals surface area (Å²) in [6.45, 7) is 1.21. The molecule has 0 atom stereocenters. The Kier molecular flexibility index (Phi) is 4.30. The minimum atomic E-state index is -0.555. The van der Waals surface area contributed by atoms with Gasteiger partial charge in [0, 0.05) is 11.6 Å². The molecule has 6 heteroatoms. The molecule has 0 bridgehead atoms. The van der Waals surface area contributed by atoms with Crippen LogP contribution in [-0.2, 0) is 6.61 Å². The lowest BCUT2D eigenvalue weighted by Crippen LogP contribution is -1.96. The highest BCUT2D eigenvalue weighted by Crippen LogP contribution is 2.32. The first-order valence-electron chi connectivity index (χ1n) is 6.18. The average Bonchev–Trinajstić information content (AvgIpc) is 2.47. The molecule has 2 aromatic rings. The second-order valence-corrected chi connectivity index (χ2v) is 4.40. The van der Waals surface area contributed by atoms with Crippen molar-refractivity contribution in [2.45, 2.75) is 13.5 Å². The molecule has 1 N–H and O–H groups in total. The van der Waals surface area contributed by atoms with Gasteiger partial charge in [-0.15, -0.1) is 0 Å². The number of benzene rings is 2. The van der Waals surface area contributed by atoms with Crippen LogP contribution in [0.3, 0.4) is 0 Å².